The lowest BCUT2D eigenvalue weighted by atomic mass is 10.0. The van der Waals surface area contributed by atoms with Crippen molar-refractivity contribution < 1.29 is 5.11 Å². The van der Waals surface area contributed by atoms with Gasteiger partial charge in [-0.05, 0) is 12.3 Å². The Morgan fingerprint density at radius 2 is 2.22 bits per heavy atom. The first-order chi connectivity index (χ1) is 8.81. The van der Waals surface area contributed by atoms with E-state index in [4.69, 9.17) is 0 Å². The molecule has 2 unspecified atom stereocenters. The fraction of sp³-hybridized carbons (Fsp3) is 0.429. The Morgan fingerprint density at radius 3 is 3.06 bits per heavy atom. The predicted molar refractivity (Wildman–Crippen MR) is 71.5 cm³/mol. The second-order valence-corrected chi connectivity index (χ2v) is 4.96. The van der Waals surface area contributed by atoms with Gasteiger partial charge in [0.2, 0.25) is 0 Å². The van der Waals surface area contributed by atoms with Gasteiger partial charge in [-0.2, -0.15) is 5.10 Å². The van der Waals surface area contributed by atoms with Crippen LogP contribution in [0.5, 0.6) is 0 Å². The Hall–Kier alpha value is -1.68. The molecule has 1 saturated heterocycles. The fourth-order valence-electron chi connectivity index (χ4n) is 2.77. The standard InChI is InChI=1S/C14H17N3O/c1-10-6-7-17(13(10)9-18)14-12-5-3-2-4-11(12)8-15-16-14/h2-5,8,10,13,18H,6-7,9H2,1H3. The summed E-state index contributed by atoms with van der Waals surface area (Å²) in [6.07, 6.45) is 2.88. The molecule has 18 heavy (non-hydrogen) atoms. The summed E-state index contributed by atoms with van der Waals surface area (Å²) in [5.41, 5.74) is 0. The van der Waals surface area contributed by atoms with Gasteiger partial charge in [0.05, 0.1) is 18.8 Å². The predicted octanol–water partition coefficient (Wildman–Crippen LogP) is 1.84. The molecule has 0 radical (unpaired) electrons. The van der Waals surface area contributed by atoms with Crippen molar-refractivity contribution in [3.05, 3.63) is 30.5 Å². The van der Waals surface area contributed by atoms with E-state index < -0.39 is 0 Å². The minimum Gasteiger partial charge on any atom is -0.394 e. The summed E-state index contributed by atoms with van der Waals surface area (Å²) in [5.74, 6) is 1.40. The van der Waals surface area contributed by atoms with Gasteiger partial charge >= 0.3 is 0 Å². The third-order valence-corrected chi connectivity index (χ3v) is 3.89. The van der Waals surface area contributed by atoms with E-state index in [2.05, 4.69) is 28.1 Å². The molecule has 3 rings (SSSR count). The lowest BCUT2D eigenvalue weighted by Gasteiger charge is -2.26. The highest BCUT2D eigenvalue weighted by atomic mass is 16.3. The highest BCUT2D eigenvalue weighted by Crippen LogP contribution is 2.32. The number of aliphatic hydroxyl groups is 1. The minimum atomic E-state index is 0.158. The van der Waals surface area contributed by atoms with E-state index >= 15 is 0 Å². The van der Waals surface area contributed by atoms with Gasteiger partial charge < -0.3 is 10.0 Å². The third-order valence-electron chi connectivity index (χ3n) is 3.89. The monoisotopic (exact) mass is 243 g/mol. The molecule has 1 aliphatic rings. The smallest absolute Gasteiger partial charge is 0.159 e. The molecule has 0 bridgehead atoms. The van der Waals surface area contributed by atoms with Crippen LogP contribution in [0.4, 0.5) is 5.82 Å². The average molecular weight is 243 g/mol. The summed E-state index contributed by atoms with van der Waals surface area (Å²) in [6, 6.07) is 8.29. The molecule has 1 N–H and O–H groups in total. The summed E-state index contributed by atoms with van der Waals surface area (Å²) >= 11 is 0. The summed E-state index contributed by atoms with van der Waals surface area (Å²) in [5, 5.41) is 20.1. The van der Waals surface area contributed by atoms with Crippen LogP contribution >= 0.6 is 0 Å². The molecule has 4 heteroatoms. The number of aliphatic hydroxyl groups excluding tert-OH is 1. The molecule has 2 heterocycles. The van der Waals surface area contributed by atoms with E-state index in [0.717, 1.165) is 29.6 Å². The third kappa shape index (κ3) is 1.73. The van der Waals surface area contributed by atoms with E-state index in [0.29, 0.717) is 5.92 Å². The molecule has 1 aliphatic heterocycles. The van der Waals surface area contributed by atoms with Crippen molar-refractivity contribution in [1.82, 2.24) is 10.2 Å². The molecule has 4 nitrogen and oxygen atoms in total. The van der Waals surface area contributed by atoms with Crippen molar-refractivity contribution in [2.45, 2.75) is 19.4 Å². The Morgan fingerprint density at radius 1 is 1.39 bits per heavy atom. The van der Waals surface area contributed by atoms with Crippen molar-refractivity contribution in [3.8, 4) is 0 Å². The van der Waals surface area contributed by atoms with E-state index in [-0.39, 0.29) is 12.6 Å². The Bertz CT molecular complexity index is 552. The van der Waals surface area contributed by atoms with Gasteiger partial charge in [-0.1, -0.05) is 31.2 Å². The van der Waals surface area contributed by atoms with E-state index in [1.54, 1.807) is 6.20 Å². The molecule has 0 spiro atoms. The van der Waals surface area contributed by atoms with Crippen LogP contribution in [0.1, 0.15) is 13.3 Å². The van der Waals surface area contributed by atoms with Crippen molar-refractivity contribution >= 4 is 16.6 Å². The molecule has 1 fully saturated rings. The molecular formula is C14H17N3O. The number of rotatable bonds is 2. The summed E-state index contributed by atoms with van der Waals surface area (Å²) in [4.78, 5) is 2.19. The van der Waals surface area contributed by atoms with Crippen molar-refractivity contribution in [1.29, 1.82) is 0 Å². The normalized spacial score (nSPS) is 23.8. The van der Waals surface area contributed by atoms with Crippen LogP contribution in [0.15, 0.2) is 30.5 Å². The zero-order valence-electron chi connectivity index (χ0n) is 10.5. The first kappa shape index (κ1) is 11.4. The number of anilines is 1. The Labute approximate surface area is 106 Å². The van der Waals surface area contributed by atoms with Crippen LogP contribution < -0.4 is 4.90 Å². The molecule has 0 aliphatic carbocycles. The number of hydrogen-bond acceptors (Lipinski definition) is 4. The second kappa shape index (κ2) is 4.53. The van der Waals surface area contributed by atoms with Gasteiger partial charge in [-0.25, -0.2) is 0 Å². The van der Waals surface area contributed by atoms with Gasteiger partial charge in [-0.3, -0.25) is 0 Å². The Kier molecular flexibility index (Phi) is 2.88. The lowest BCUT2D eigenvalue weighted by Crippen LogP contribution is -2.36. The van der Waals surface area contributed by atoms with Gasteiger partial charge in [0, 0.05) is 17.3 Å². The molecule has 2 atom stereocenters. The molecule has 1 aromatic heterocycles. The highest BCUT2D eigenvalue weighted by molar-refractivity contribution is 5.91. The molecular weight excluding hydrogens is 226 g/mol. The van der Waals surface area contributed by atoms with Crippen molar-refractivity contribution in [3.63, 3.8) is 0 Å². The number of nitrogens with zero attached hydrogens (tertiary/aromatic N) is 3. The largest absolute Gasteiger partial charge is 0.394 e. The fourth-order valence-corrected chi connectivity index (χ4v) is 2.77. The molecule has 1 aromatic carbocycles. The van der Waals surface area contributed by atoms with Gasteiger partial charge in [0.1, 0.15) is 0 Å². The minimum absolute atomic E-state index is 0.158. The number of aromatic nitrogens is 2. The molecule has 2 aromatic rings. The first-order valence-electron chi connectivity index (χ1n) is 6.39. The molecule has 0 amide bonds. The van der Waals surface area contributed by atoms with Crippen molar-refractivity contribution in [2.75, 3.05) is 18.1 Å². The van der Waals surface area contributed by atoms with Crippen molar-refractivity contribution in [2.24, 2.45) is 5.92 Å². The van der Waals surface area contributed by atoms with Gasteiger partial charge in [0.15, 0.2) is 5.82 Å². The van der Waals surface area contributed by atoms with Crippen LogP contribution in [-0.2, 0) is 0 Å². The van der Waals surface area contributed by atoms with E-state index in [1.165, 1.54) is 0 Å². The highest BCUT2D eigenvalue weighted by Gasteiger charge is 2.32. The van der Waals surface area contributed by atoms with Crippen LogP contribution in [0.3, 0.4) is 0 Å². The van der Waals surface area contributed by atoms with E-state index in [1.807, 2.05) is 18.2 Å². The molecule has 0 saturated carbocycles. The molecule has 94 valence electrons. The maximum atomic E-state index is 9.55. The number of hydrogen-bond donors (Lipinski definition) is 1. The summed E-state index contributed by atoms with van der Waals surface area (Å²) < 4.78 is 0. The SMILES string of the molecule is CC1CCN(c2nncc3ccccc23)C1CO. The lowest BCUT2D eigenvalue weighted by molar-refractivity contribution is 0.244. The Balaban J connectivity index is 2.09. The maximum absolute atomic E-state index is 9.55. The van der Waals surface area contributed by atoms with Gasteiger partial charge in [-0.15, -0.1) is 5.10 Å². The summed E-state index contributed by atoms with van der Waals surface area (Å²) in [6.45, 7) is 3.29. The van der Waals surface area contributed by atoms with Crippen LogP contribution in [-0.4, -0.2) is 34.5 Å². The maximum Gasteiger partial charge on any atom is 0.159 e. The van der Waals surface area contributed by atoms with Crippen LogP contribution in [0.2, 0.25) is 0 Å². The zero-order valence-corrected chi connectivity index (χ0v) is 10.5. The number of benzene rings is 1. The quantitative estimate of drug-likeness (QED) is 0.874. The topological polar surface area (TPSA) is 49.2 Å². The van der Waals surface area contributed by atoms with Crippen LogP contribution in [0.25, 0.3) is 10.8 Å². The second-order valence-electron chi connectivity index (χ2n) is 4.96. The summed E-state index contributed by atoms with van der Waals surface area (Å²) in [7, 11) is 0. The van der Waals surface area contributed by atoms with Crippen LogP contribution in [0, 0.1) is 5.92 Å². The van der Waals surface area contributed by atoms with Gasteiger partial charge in [0.25, 0.3) is 0 Å². The average Bonchev–Trinajstić information content (AvgIpc) is 2.79. The number of fused-ring (bicyclic) bond motifs is 1. The first-order valence-corrected chi connectivity index (χ1v) is 6.39. The van der Waals surface area contributed by atoms with E-state index in [9.17, 15) is 5.11 Å². The zero-order chi connectivity index (χ0) is 12.5.